The Morgan fingerprint density at radius 2 is 2.04 bits per heavy atom. The van der Waals surface area contributed by atoms with Gasteiger partial charge >= 0.3 is 6.03 Å². The van der Waals surface area contributed by atoms with Crippen LogP contribution in [0, 0.1) is 5.92 Å². The minimum Gasteiger partial charge on any atom is -0.331 e. The molecule has 0 saturated carbocycles. The molecule has 8 heteroatoms. The van der Waals surface area contributed by atoms with E-state index in [-0.39, 0.29) is 17.9 Å². The fourth-order valence-corrected chi connectivity index (χ4v) is 3.78. The van der Waals surface area contributed by atoms with Crippen molar-refractivity contribution < 1.29 is 9.59 Å². The van der Waals surface area contributed by atoms with Crippen molar-refractivity contribution in [1.82, 2.24) is 20.0 Å². The maximum Gasteiger partial charge on any atom is 0.319 e. The molecule has 0 aliphatic carbocycles. The van der Waals surface area contributed by atoms with E-state index >= 15 is 0 Å². The Balaban J connectivity index is 1.57. The van der Waals surface area contributed by atoms with Gasteiger partial charge in [-0.1, -0.05) is 41.7 Å². The molecule has 26 heavy (non-hydrogen) atoms. The second-order valence-corrected chi connectivity index (χ2v) is 7.68. The highest BCUT2D eigenvalue weighted by atomic mass is 32.1. The number of rotatable bonds is 4. The summed E-state index contributed by atoms with van der Waals surface area (Å²) < 4.78 is 0. The van der Waals surface area contributed by atoms with Crippen LogP contribution in [0.1, 0.15) is 23.4 Å². The molecule has 138 valence electrons. The van der Waals surface area contributed by atoms with Crippen LogP contribution in [0.5, 0.6) is 0 Å². The Bertz CT molecular complexity index is 762. The summed E-state index contributed by atoms with van der Waals surface area (Å²) in [5.74, 6) is -0.308. The molecule has 1 aliphatic rings. The van der Waals surface area contributed by atoms with Gasteiger partial charge < -0.3 is 15.1 Å². The van der Waals surface area contributed by atoms with Crippen LogP contribution in [0.25, 0.3) is 0 Å². The molecule has 0 bridgehead atoms. The van der Waals surface area contributed by atoms with Crippen molar-refractivity contribution in [3.8, 4) is 0 Å². The van der Waals surface area contributed by atoms with Gasteiger partial charge in [0.25, 0.3) is 0 Å². The fraction of sp³-hybridized carbons (Fsp3) is 0.444. The summed E-state index contributed by atoms with van der Waals surface area (Å²) >= 11 is 1.39. The molecule has 1 aliphatic heterocycles. The molecular weight excluding hydrogens is 350 g/mol. The van der Waals surface area contributed by atoms with E-state index in [0.29, 0.717) is 24.6 Å². The van der Waals surface area contributed by atoms with E-state index < -0.39 is 0 Å². The summed E-state index contributed by atoms with van der Waals surface area (Å²) in [5, 5.41) is 12.5. The maximum atomic E-state index is 12.5. The third-order valence-electron chi connectivity index (χ3n) is 4.34. The first-order chi connectivity index (χ1) is 12.5. The minimum absolute atomic E-state index is 0.0523. The highest BCUT2D eigenvalue weighted by Crippen LogP contribution is 2.22. The number of aromatic nitrogens is 2. The first-order valence-corrected chi connectivity index (χ1v) is 9.48. The number of carbonyl (C=O) groups excluding carboxylic acids is 2. The summed E-state index contributed by atoms with van der Waals surface area (Å²) in [6.07, 6.45) is 2.30. The summed E-state index contributed by atoms with van der Waals surface area (Å²) in [5.41, 5.74) is 1.16. The molecule has 3 rings (SSSR count). The van der Waals surface area contributed by atoms with E-state index in [2.05, 4.69) is 15.5 Å². The number of piperidine rings is 1. The van der Waals surface area contributed by atoms with E-state index in [0.717, 1.165) is 23.4 Å². The number of urea groups is 1. The molecule has 1 aromatic carbocycles. The third-order valence-corrected chi connectivity index (χ3v) is 5.18. The van der Waals surface area contributed by atoms with Gasteiger partial charge in [0.15, 0.2) is 0 Å². The first kappa shape index (κ1) is 18.3. The second-order valence-electron chi connectivity index (χ2n) is 6.61. The predicted molar refractivity (Wildman–Crippen MR) is 101 cm³/mol. The first-order valence-electron chi connectivity index (χ1n) is 8.66. The summed E-state index contributed by atoms with van der Waals surface area (Å²) in [7, 11) is 3.45. The zero-order valence-corrected chi connectivity index (χ0v) is 15.8. The van der Waals surface area contributed by atoms with Crippen molar-refractivity contribution in [2.24, 2.45) is 5.92 Å². The molecule has 0 radical (unpaired) electrons. The molecular formula is C18H23N5O2S. The van der Waals surface area contributed by atoms with Crippen LogP contribution in [0.3, 0.4) is 0 Å². The van der Waals surface area contributed by atoms with Gasteiger partial charge in [-0.25, -0.2) is 4.79 Å². The molecule has 1 N–H and O–H groups in total. The highest BCUT2D eigenvalue weighted by Gasteiger charge is 2.29. The average molecular weight is 373 g/mol. The summed E-state index contributed by atoms with van der Waals surface area (Å²) in [4.78, 5) is 27.9. The molecule has 7 nitrogen and oxygen atoms in total. The SMILES string of the molecule is CN(C)C(=O)N1CCC[C@H](C(=O)Nc2nnc(Cc3ccccc3)s2)C1. The van der Waals surface area contributed by atoms with Gasteiger partial charge in [-0.3, -0.25) is 4.79 Å². The quantitative estimate of drug-likeness (QED) is 0.893. The van der Waals surface area contributed by atoms with Crippen LogP contribution >= 0.6 is 11.3 Å². The van der Waals surface area contributed by atoms with Gasteiger partial charge in [-0.05, 0) is 18.4 Å². The Hall–Kier alpha value is -2.48. The standard InChI is InChI=1S/C18H23N5O2S/c1-22(2)18(25)23-10-6-9-14(12-23)16(24)19-17-21-20-15(26-17)11-13-7-4-3-5-8-13/h3-5,7-8,14H,6,9-12H2,1-2H3,(H,19,21,24)/t14-/m0/s1. The number of nitrogens with zero attached hydrogens (tertiary/aromatic N) is 4. The van der Waals surface area contributed by atoms with E-state index in [1.807, 2.05) is 30.3 Å². The normalized spacial score (nSPS) is 17.0. The largest absolute Gasteiger partial charge is 0.331 e. The summed E-state index contributed by atoms with van der Waals surface area (Å²) in [6.45, 7) is 1.14. The molecule has 1 aromatic heterocycles. The number of nitrogens with one attached hydrogen (secondary N) is 1. The Morgan fingerprint density at radius 3 is 2.77 bits per heavy atom. The minimum atomic E-state index is -0.214. The van der Waals surface area contributed by atoms with E-state index in [9.17, 15) is 9.59 Å². The molecule has 1 atom stereocenters. The van der Waals surface area contributed by atoms with Crippen LogP contribution in [-0.2, 0) is 11.2 Å². The zero-order valence-electron chi connectivity index (χ0n) is 15.0. The highest BCUT2D eigenvalue weighted by molar-refractivity contribution is 7.15. The lowest BCUT2D eigenvalue weighted by atomic mass is 9.97. The average Bonchev–Trinajstić information content (AvgIpc) is 3.08. The van der Waals surface area contributed by atoms with Gasteiger partial charge in [0.1, 0.15) is 5.01 Å². The smallest absolute Gasteiger partial charge is 0.319 e. The maximum absolute atomic E-state index is 12.5. The second kappa shape index (κ2) is 8.27. The lowest BCUT2D eigenvalue weighted by Crippen LogP contribution is -2.47. The lowest BCUT2D eigenvalue weighted by Gasteiger charge is -2.33. The number of hydrogen-bond acceptors (Lipinski definition) is 5. The molecule has 0 spiro atoms. The number of anilines is 1. The molecule has 2 aromatic rings. The van der Waals surface area contributed by atoms with Crippen molar-refractivity contribution in [1.29, 1.82) is 0 Å². The Kier molecular flexibility index (Phi) is 5.82. The predicted octanol–water partition coefficient (Wildman–Crippen LogP) is 2.46. The van der Waals surface area contributed by atoms with E-state index in [1.165, 1.54) is 11.3 Å². The topological polar surface area (TPSA) is 78.4 Å². The van der Waals surface area contributed by atoms with Gasteiger partial charge in [0, 0.05) is 33.6 Å². The van der Waals surface area contributed by atoms with Crippen LogP contribution in [0.2, 0.25) is 0 Å². The number of hydrogen-bond donors (Lipinski definition) is 1. The number of likely N-dealkylation sites (tertiary alicyclic amines) is 1. The molecule has 1 saturated heterocycles. The molecule has 0 unspecified atom stereocenters. The summed E-state index contributed by atoms with van der Waals surface area (Å²) in [6, 6.07) is 9.98. The lowest BCUT2D eigenvalue weighted by molar-refractivity contribution is -0.121. The molecule has 2 heterocycles. The van der Waals surface area contributed by atoms with E-state index in [1.54, 1.807) is 23.9 Å². The van der Waals surface area contributed by atoms with Gasteiger partial charge in [0.05, 0.1) is 5.92 Å². The van der Waals surface area contributed by atoms with Crippen LogP contribution in [0.15, 0.2) is 30.3 Å². The van der Waals surface area contributed by atoms with Gasteiger partial charge in [-0.15, -0.1) is 10.2 Å². The van der Waals surface area contributed by atoms with Crippen molar-refractivity contribution in [2.75, 3.05) is 32.5 Å². The van der Waals surface area contributed by atoms with Crippen molar-refractivity contribution >= 4 is 28.4 Å². The monoisotopic (exact) mass is 373 g/mol. The molecule has 3 amide bonds. The zero-order chi connectivity index (χ0) is 18.5. The fourth-order valence-electron chi connectivity index (χ4n) is 3.00. The van der Waals surface area contributed by atoms with Crippen LogP contribution in [-0.4, -0.2) is 59.1 Å². The molecule has 1 fully saturated rings. The number of carbonyl (C=O) groups is 2. The van der Waals surface area contributed by atoms with E-state index in [4.69, 9.17) is 0 Å². The third kappa shape index (κ3) is 4.57. The van der Waals surface area contributed by atoms with Gasteiger partial charge in [-0.2, -0.15) is 0 Å². The van der Waals surface area contributed by atoms with Crippen molar-refractivity contribution in [3.63, 3.8) is 0 Å². The Morgan fingerprint density at radius 1 is 1.27 bits per heavy atom. The Labute approximate surface area is 157 Å². The number of benzene rings is 1. The van der Waals surface area contributed by atoms with Gasteiger partial charge in [0.2, 0.25) is 11.0 Å². The van der Waals surface area contributed by atoms with Crippen LogP contribution in [0.4, 0.5) is 9.93 Å². The van der Waals surface area contributed by atoms with Crippen LogP contribution < -0.4 is 5.32 Å². The van der Waals surface area contributed by atoms with Crippen molar-refractivity contribution in [2.45, 2.75) is 19.3 Å². The number of amides is 3. The van der Waals surface area contributed by atoms with Crippen molar-refractivity contribution in [3.05, 3.63) is 40.9 Å².